The molecule has 1 aromatic rings. The van der Waals surface area contributed by atoms with Gasteiger partial charge in [-0.2, -0.15) is 13.2 Å². The average molecular weight is 274 g/mol. The van der Waals surface area contributed by atoms with Gasteiger partial charge in [0.25, 0.3) is 0 Å². The van der Waals surface area contributed by atoms with Crippen molar-refractivity contribution in [3.63, 3.8) is 0 Å². The van der Waals surface area contributed by atoms with Crippen LogP contribution in [0.3, 0.4) is 0 Å². The second-order valence-corrected chi connectivity index (χ2v) is 5.13. The SMILES string of the molecule is Fc1cc(C(F)(F)F)ccc1N1CC[C@H]2CNC[C@H]21. The molecule has 6 heteroatoms. The summed E-state index contributed by atoms with van der Waals surface area (Å²) in [7, 11) is 0. The summed E-state index contributed by atoms with van der Waals surface area (Å²) in [5.74, 6) is -0.316. The summed E-state index contributed by atoms with van der Waals surface area (Å²) in [5, 5.41) is 3.23. The van der Waals surface area contributed by atoms with Crippen molar-refractivity contribution in [3.05, 3.63) is 29.6 Å². The Morgan fingerprint density at radius 1 is 1.21 bits per heavy atom. The molecule has 2 fully saturated rings. The lowest BCUT2D eigenvalue weighted by Crippen LogP contribution is -2.34. The van der Waals surface area contributed by atoms with Crippen LogP contribution in [-0.4, -0.2) is 25.7 Å². The van der Waals surface area contributed by atoms with Gasteiger partial charge in [-0.15, -0.1) is 0 Å². The normalized spacial score (nSPS) is 26.8. The Hall–Kier alpha value is -1.30. The van der Waals surface area contributed by atoms with Crippen molar-refractivity contribution in [1.82, 2.24) is 5.32 Å². The van der Waals surface area contributed by atoms with E-state index < -0.39 is 17.6 Å². The van der Waals surface area contributed by atoms with Gasteiger partial charge < -0.3 is 10.2 Å². The molecule has 2 aliphatic rings. The Kier molecular flexibility index (Phi) is 2.92. The molecule has 104 valence electrons. The van der Waals surface area contributed by atoms with Crippen molar-refractivity contribution in [2.75, 3.05) is 24.5 Å². The van der Waals surface area contributed by atoms with Crippen molar-refractivity contribution in [1.29, 1.82) is 0 Å². The van der Waals surface area contributed by atoms with Gasteiger partial charge in [-0.3, -0.25) is 0 Å². The lowest BCUT2D eigenvalue weighted by molar-refractivity contribution is -0.137. The van der Waals surface area contributed by atoms with E-state index in [0.29, 0.717) is 18.5 Å². The Morgan fingerprint density at radius 2 is 2.00 bits per heavy atom. The third-order valence-corrected chi connectivity index (χ3v) is 4.03. The summed E-state index contributed by atoms with van der Waals surface area (Å²) in [6.07, 6.45) is -3.54. The van der Waals surface area contributed by atoms with Crippen molar-refractivity contribution in [3.8, 4) is 0 Å². The van der Waals surface area contributed by atoms with Gasteiger partial charge >= 0.3 is 6.18 Å². The molecule has 2 atom stereocenters. The van der Waals surface area contributed by atoms with Gasteiger partial charge in [0.2, 0.25) is 0 Å². The topological polar surface area (TPSA) is 15.3 Å². The fourth-order valence-corrected chi connectivity index (χ4v) is 3.06. The number of hydrogen-bond acceptors (Lipinski definition) is 2. The molecule has 0 aliphatic carbocycles. The maximum Gasteiger partial charge on any atom is 0.416 e. The van der Waals surface area contributed by atoms with Crippen molar-refractivity contribution in [2.24, 2.45) is 5.92 Å². The first kappa shape index (κ1) is 12.7. The fraction of sp³-hybridized carbons (Fsp3) is 0.538. The number of hydrogen-bond donors (Lipinski definition) is 1. The van der Waals surface area contributed by atoms with Gasteiger partial charge in [0.05, 0.1) is 11.3 Å². The maximum absolute atomic E-state index is 13.9. The van der Waals surface area contributed by atoms with Crippen LogP contribution in [0.1, 0.15) is 12.0 Å². The zero-order valence-electron chi connectivity index (χ0n) is 10.2. The highest BCUT2D eigenvalue weighted by atomic mass is 19.4. The van der Waals surface area contributed by atoms with Gasteiger partial charge in [-0.25, -0.2) is 4.39 Å². The molecule has 0 aromatic heterocycles. The third kappa shape index (κ3) is 2.18. The maximum atomic E-state index is 13.9. The van der Waals surface area contributed by atoms with E-state index in [-0.39, 0.29) is 11.7 Å². The van der Waals surface area contributed by atoms with Crippen LogP contribution < -0.4 is 10.2 Å². The van der Waals surface area contributed by atoms with Crippen LogP contribution in [-0.2, 0) is 6.18 Å². The number of rotatable bonds is 1. The van der Waals surface area contributed by atoms with Crippen molar-refractivity contribution < 1.29 is 17.6 Å². The summed E-state index contributed by atoms with van der Waals surface area (Å²) in [4.78, 5) is 1.89. The second kappa shape index (κ2) is 4.37. The number of fused-ring (bicyclic) bond motifs is 1. The van der Waals surface area contributed by atoms with E-state index in [1.807, 2.05) is 4.90 Å². The standard InChI is InChI=1S/C13H14F4N2/c14-10-5-9(13(15,16)17)1-2-11(10)19-4-3-8-6-18-7-12(8)19/h1-2,5,8,12,18H,3-4,6-7H2/t8-,12+/m0/s1. The molecule has 0 unspecified atom stereocenters. The molecule has 2 heterocycles. The lowest BCUT2D eigenvalue weighted by atomic mass is 10.0. The average Bonchev–Trinajstić information content (AvgIpc) is 2.90. The predicted molar refractivity (Wildman–Crippen MR) is 63.5 cm³/mol. The predicted octanol–water partition coefficient (Wildman–Crippen LogP) is 2.64. The monoisotopic (exact) mass is 274 g/mol. The molecular formula is C13H14F4N2. The smallest absolute Gasteiger partial charge is 0.365 e. The van der Waals surface area contributed by atoms with E-state index in [9.17, 15) is 17.6 Å². The largest absolute Gasteiger partial charge is 0.416 e. The van der Waals surface area contributed by atoms with Crippen LogP contribution in [0.25, 0.3) is 0 Å². The minimum atomic E-state index is -4.50. The van der Waals surface area contributed by atoms with Crippen LogP contribution in [0.4, 0.5) is 23.2 Å². The minimum absolute atomic E-state index is 0.200. The van der Waals surface area contributed by atoms with E-state index >= 15 is 0 Å². The van der Waals surface area contributed by atoms with Gasteiger partial charge in [-0.1, -0.05) is 0 Å². The summed E-state index contributed by atoms with van der Waals surface area (Å²) in [6, 6.07) is 2.99. The second-order valence-electron chi connectivity index (χ2n) is 5.13. The number of benzene rings is 1. The molecule has 0 amide bonds. The van der Waals surface area contributed by atoms with Crippen molar-refractivity contribution >= 4 is 5.69 Å². The van der Waals surface area contributed by atoms with Gasteiger partial charge in [0, 0.05) is 25.7 Å². The number of nitrogens with zero attached hydrogens (tertiary/aromatic N) is 1. The van der Waals surface area contributed by atoms with Crippen LogP contribution in [0.2, 0.25) is 0 Å². The molecule has 1 aromatic carbocycles. The summed E-state index contributed by atoms with van der Waals surface area (Å²) >= 11 is 0. The zero-order chi connectivity index (χ0) is 13.6. The number of alkyl halides is 3. The Morgan fingerprint density at radius 3 is 2.68 bits per heavy atom. The van der Waals surface area contributed by atoms with Crippen LogP contribution >= 0.6 is 0 Å². The summed E-state index contributed by atoms with van der Waals surface area (Å²) < 4.78 is 51.4. The lowest BCUT2D eigenvalue weighted by Gasteiger charge is -2.26. The Balaban J connectivity index is 1.90. The van der Waals surface area contributed by atoms with E-state index in [0.717, 1.165) is 25.6 Å². The molecule has 3 rings (SSSR count). The number of nitrogens with one attached hydrogen (secondary N) is 1. The fourth-order valence-electron chi connectivity index (χ4n) is 3.06. The van der Waals surface area contributed by atoms with E-state index in [2.05, 4.69) is 5.32 Å². The van der Waals surface area contributed by atoms with Gasteiger partial charge in [-0.05, 0) is 30.5 Å². The van der Waals surface area contributed by atoms with E-state index in [1.165, 1.54) is 6.07 Å². The van der Waals surface area contributed by atoms with Crippen LogP contribution in [0, 0.1) is 11.7 Å². The highest BCUT2D eigenvalue weighted by Gasteiger charge is 2.39. The van der Waals surface area contributed by atoms with Crippen molar-refractivity contribution in [2.45, 2.75) is 18.6 Å². The molecule has 2 nitrogen and oxygen atoms in total. The molecule has 2 saturated heterocycles. The molecule has 1 N–H and O–H groups in total. The summed E-state index contributed by atoms with van der Waals surface area (Å²) in [5.41, 5.74) is -0.654. The molecule has 2 aliphatic heterocycles. The highest BCUT2D eigenvalue weighted by molar-refractivity contribution is 5.52. The molecular weight excluding hydrogens is 260 g/mol. The first-order chi connectivity index (χ1) is 8.97. The molecule has 19 heavy (non-hydrogen) atoms. The summed E-state index contributed by atoms with van der Waals surface area (Å²) in [6.45, 7) is 2.38. The minimum Gasteiger partial charge on any atom is -0.365 e. The van der Waals surface area contributed by atoms with Crippen LogP contribution in [0.5, 0.6) is 0 Å². The first-order valence-electron chi connectivity index (χ1n) is 6.31. The van der Waals surface area contributed by atoms with E-state index in [1.54, 1.807) is 0 Å². The third-order valence-electron chi connectivity index (χ3n) is 4.03. The van der Waals surface area contributed by atoms with Gasteiger partial charge in [0.1, 0.15) is 5.82 Å². The Bertz CT molecular complexity index is 486. The quantitative estimate of drug-likeness (QED) is 0.792. The molecule has 0 spiro atoms. The zero-order valence-corrected chi connectivity index (χ0v) is 10.2. The molecule has 0 saturated carbocycles. The Labute approximate surface area is 108 Å². The number of halogens is 4. The first-order valence-corrected chi connectivity index (χ1v) is 6.31. The number of anilines is 1. The molecule has 0 radical (unpaired) electrons. The molecule has 0 bridgehead atoms. The van der Waals surface area contributed by atoms with E-state index in [4.69, 9.17) is 0 Å². The highest BCUT2D eigenvalue weighted by Crippen LogP contribution is 2.36. The van der Waals surface area contributed by atoms with Gasteiger partial charge in [0.15, 0.2) is 0 Å². The van der Waals surface area contributed by atoms with Crippen LogP contribution in [0.15, 0.2) is 18.2 Å².